The normalized spacial score (nSPS) is 12.4. The van der Waals surface area contributed by atoms with Gasteiger partial charge in [-0.3, -0.25) is 9.97 Å². The van der Waals surface area contributed by atoms with Crippen LogP contribution in [-0.4, -0.2) is 17.0 Å². The van der Waals surface area contributed by atoms with Crippen molar-refractivity contribution < 1.29 is 4.39 Å². The molecule has 0 saturated carbocycles. The van der Waals surface area contributed by atoms with Crippen molar-refractivity contribution in [2.24, 2.45) is 0 Å². The first-order valence-corrected chi connectivity index (χ1v) is 5.49. The second-order valence-corrected chi connectivity index (χ2v) is 3.87. The maximum atomic E-state index is 13.4. The molecule has 1 unspecified atom stereocenters. The summed E-state index contributed by atoms with van der Waals surface area (Å²) in [6, 6.07) is 4.44. The highest BCUT2D eigenvalue weighted by Gasteiger charge is 2.18. The van der Waals surface area contributed by atoms with Crippen molar-refractivity contribution >= 4 is 11.6 Å². The minimum Gasteiger partial charge on any atom is -0.308 e. The van der Waals surface area contributed by atoms with E-state index in [1.54, 1.807) is 37.8 Å². The lowest BCUT2D eigenvalue weighted by atomic mass is 10.0. The van der Waals surface area contributed by atoms with E-state index in [1.807, 2.05) is 0 Å². The maximum absolute atomic E-state index is 13.4. The van der Waals surface area contributed by atoms with Gasteiger partial charge in [0, 0.05) is 12.4 Å². The number of nitrogens with zero attached hydrogens (tertiary/aromatic N) is 2. The molecule has 0 amide bonds. The molecule has 0 aliphatic heterocycles. The quantitative estimate of drug-likeness (QED) is 0.911. The highest BCUT2D eigenvalue weighted by molar-refractivity contribution is 6.31. The molecule has 17 heavy (non-hydrogen) atoms. The summed E-state index contributed by atoms with van der Waals surface area (Å²) < 4.78 is 13.4. The van der Waals surface area contributed by atoms with Crippen LogP contribution in [-0.2, 0) is 0 Å². The fraction of sp³-hybridized carbons (Fsp3) is 0.167. The fourth-order valence-electron chi connectivity index (χ4n) is 1.67. The van der Waals surface area contributed by atoms with Gasteiger partial charge in [-0.25, -0.2) is 4.39 Å². The molecule has 0 radical (unpaired) electrons. The van der Waals surface area contributed by atoms with Crippen LogP contribution < -0.4 is 5.32 Å². The Hall–Kier alpha value is -1.52. The summed E-state index contributed by atoms with van der Waals surface area (Å²) in [6.45, 7) is 0. The van der Waals surface area contributed by atoms with Gasteiger partial charge in [0.25, 0.3) is 0 Å². The van der Waals surface area contributed by atoms with Crippen molar-refractivity contribution in [3.8, 4) is 0 Å². The summed E-state index contributed by atoms with van der Waals surface area (Å²) in [5.74, 6) is -0.437. The molecular weight excluding hydrogens is 241 g/mol. The average molecular weight is 252 g/mol. The monoisotopic (exact) mass is 251 g/mol. The lowest BCUT2D eigenvalue weighted by molar-refractivity contribution is 0.613. The topological polar surface area (TPSA) is 37.8 Å². The largest absolute Gasteiger partial charge is 0.308 e. The molecular formula is C12H11ClFN3. The van der Waals surface area contributed by atoms with Gasteiger partial charge >= 0.3 is 0 Å². The average Bonchev–Trinajstić information content (AvgIpc) is 2.37. The van der Waals surface area contributed by atoms with Crippen molar-refractivity contribution in [1.82, 2.24) is 15.3 Å². The Morgan fingerprint density at radius 2 is 2.18 bits per heavy atom. The Balaban J connectivity index is 2.46. The predicted octanol–water partition coefficient (Wildman–Crippen LogP) is 2.58. The van der Waals surface area contributed by atoms with Crippen LogP contribution >= 0.6 is 11.6 Å². The summed E-state index contributed by atoms with van der Waals surface area (Å²) >= 11 is 5.95. The van der Waals surface area contributed by atoms with E-state index in [9.17, 15) is 4.39 Å². The molecule has 0 bridgehead atoms. The van der Waals surface area contributed by atoms with Crippen molar-refractivity contribution in [2.75, 3.05) is 7.05 Å². The molecule has 0 aliphatic rings. The number of rotatable bonds is 3. The number of benzene rings is 1. The number of hydrogen-bond donors (Lipinski definition) is 1. The third-order valence-corrected chi connectivity index (χ3v) is 2.86. The van der Waals surface area contributed by atoms with E-state index in [4.69, 9.17) is 11.6 Å². The van der Waals surface area contributed by atoms with Gasteiger partial charge in [0.05, 0.1) is 23.0 Å². The first-order chi connectivity index (χ1) is 8.24. The highest BCUT2D eigenvalue weighted by Crippen LogP contribution is 2.28. The van der Waals surface area contributed by atoms with Crippen LogP contribution in [0.1, 0.15) is 17.3 Å². The molecule has 1 atom stereocenters. The van der Waals surface area contributed by atoms with Gasteiger partial charge in [-0.2, -0.15) is 0 Å². The molecule has 1 aromatic carbocycles. The van der Waals surface area contributed by atoms with Crippen molar-refractivity contribution in [3.63, 3.8) is 0 Å². The zero-order chi connectivity index (χ0) is 12.3. The summed E-state index contributed by atoms with van der Waals surface area (Å²) in [5.41, 5.74) is 1.34. The molecule has 0 fully saturated rings. The Bertz CT molecular complexity index is 504. The van der Waals surface area contributed by atoms with Crippen LogP contribution in [0.15, 0.2) is 36.8 Å². The Kier molecular flexibility index (Phi) is 3.66. The van der Waals surface area contributed by atoms with E-state index in [1.165, 1.54) is 6.07 Å². The second-order valence-electron chi connectivity index (χ2n) is 3.50. The van der Waals surface area contributed by atoms with Gasteiger partial charge in [-0.05, 0) is 18.7 Å². The molecule has 1 N–H and O–H groups in total. The van der Waals surface area contributed by atoms with Crippen LogP contribution in [0.5, 0.6) is 0 Å². The molecule has 0 aliphatic carbocycles. The first-order valence-electron chi connectivity index (χ1n) is 5.11. The molecule has 5 heteroatoms. The Morgan fingerprint density at radius 1 is 1.35 bits per heavy atom. The molecule has 2 aromatic rings. The fourth-order valence-corrected chi connectivity index (χ4v) is 1.90. The van der Waals surface area contributed by atoms with Crippen LogP contribution in [0, 0.1) is 5.82 Å². The maximum Gasteiger partial charge on any atom is 0.142 e. The van der Waals surface area contributed by atoms with E-state index >= 15 is 0 Å². The molecule has 2 rings (SSSR count). The van der Waals surface area contributed by atoms with Gasteiger partial charge < -0.3 is 5.32 Å². The molecule has 3 nitrogen and oxygen atoms in total. The summed E-state index contributed by atoms with van der Waals surface area (Å²) in [7, 11) is 1.76. The molecule has 1 aromatic heterocycles. The van der Waals surface area contributed by atoms with Crippen LogP contribution in [0.25, 0.3) is 0 Å². The van der Waals surface area contributed by atoms with Gasteiger partial charge in [0.2, 0.25) is 0 Å². The number of nitrogens with one attached hydrogen (secondary N) is 1. The minimum atomic E-state index is -0.437. The van der Waals surface area contributed by atoms with Crippen LogP contribution in [0.3, 0.4) is 0 Å². The van der Waals surface area contributed by atoms with E-state index in [0.29, 0.717) is 11.3 Å². The minimum absolute atomic E-state index is 0.109. The zero-order valence-electron chi connectivity index (χ0n) is 9.19. The Labute approximate surface area is 104 Å². The lowest BCUT2D eigenvalue weighted by Gasteiger charge is -2.17. The van der Waals surface area contributed by atoms with Crippen LogP contribution in [0.4, 0.5) is 4.39 Å². The smallest absolute Gasteiger partial charge is 0.142 e. The molecule has 0 spiro atoms. The van der Waals surface area contributed by atoms with Gasteiger partial charge in [0.1, 0.15) is 5.82 Å². The number of halogens is 2. The zero-order valence-corrected chi connectivity index (χ0v) is 9.95. The number of hydrogen-bond acceptors (Lipinski definition) is 3. The van der Waals surface area contributed by atoms with Crippen LogP contribution in [0.2, 0.25) is 5.02 Å². The SMILES string of the molecule is CNC(c1cnccn1)c1cccc(F)c1Cl. The molecule has 0 saturated heterocycles. The summed E-state index contributed by atoms with van der Waals surface area (Å²) in [5, 5.41) is 3.16. The van der Waals surface area contributed by atoms with Gasteiger partial charge in [0.15, 0.2) is 0 Å². The Morgan fingerprint density at radius 3 is 2.82 bits per heavy atom. The summed E-state index contributed by atoms with van der Waals surface area (Å²) in [4.78, 5) is 8.18. The van der Waals surface area contributed by atoms with Crippen molar-refractivity contribution in [3.05, 3.63) is 58.9 Å². The number of aromatic nitrogens is 2. The van der Waals surface area contributed by atoms with E-state index in [0.717, 1.165) is 0 Å². The van der Waals surface area contributed by atoms with Gasteiger partial charge in [-0.15, -0.1) is 0 Å². The molecule has 88 valence electrons. The molecule has 1 heterocycles. The predicted molar refractivity (Wildman–Crippen MR) is 64.3 cm³/mol. The van der Waals surface area contributed by atoms with Crippen molar-refractivity contribution in [1.29, 1.82) is 0 Å². The summed E-state index contributed by atoms with van der Waals surface area (Å²) in [6.07, 6.45) is 4.80. The third-order valence-electron chi connectivity index (χ3n) is 2.46. The lowest BCUT2D eigenvalue weighted by Crippen LogP contribution is -2.19. The highest BCUT2D eigenvalue weighted by atomic mass is 35.5. The standard InChI is InChI=1S/C12H11ClFN3/c1-15-12(10-7-16-5-6-17-10)8-3-2-4-9(14)11(8)13/h2-7,12,15H,1H3. The first kappa shape index (κ1) is 12.0. The van der Waals surface area contributed by atoms with E-state index in [2.05, 4.69) is 15.3 Å². The van der Waals surface area contributed by atoms with Gasteiger partial charge in [-0.1, -0.05) is 23.7 Å². The van der Waals surface area contributed by atoms with E-state index < -0.39 is 5.82 Å². The second kappa shape index (κ2) is 5.21. The van der Waals surface area contributed by atoms with E-state index in [-0.39, 0.29) is 11.1 Å². The van der Waals surface area contributed by atoms with Crippen molar-refractivity contribution in [2.45, 2.75) is 6.04 Å². The third kappa shape index (κ3) is 2.43.